The van der Waals surface area contributed by atoms with E-state index in [2.05, 4.69) is 17.3 Å². The van der Waals surface area contributed by atoms with Gasteiger partial charge in [-0.25, -0.2) is 4.79 Å². The molecule has 2 unspecified atom stereocenters. The Bertz CT molecular complexity index is 337. The molecular weight excluding hydrogens is 254 g/mol. The van der Waals surface area contributed by atoms with E-state index < -0.39 is 0 Å². The molecule has 2 rings (SSSR count). The summed E-state index contributed by atoms with van der Waals surface area (Å²) in [6.45, 7) is 1.44. The SMILES string of the molecule is CN1C2CCC1CN(C(=O)NC(=O)CCCl)CC2. The summed E-state index contributed by atoms with van der Waals surface area (Å²) in [4.78, 5) is 27.4. The maximum absolute atomic E-state index is 12.0. The zero-order valence-corrected chi connectivity index (χ0v) is 11.4. The molecule has 2 saturated heterocycles. The van der Waals surface area contributed by atoms with Crippen LogP contribution in [-0.2, 0) is 4.79 Å². The van der Waals surface area contributed by atoms with Crippen molar-refractivity contribution >= 4 is 23.5 Å². The number of rotatable bonds is 2. The lowest BCUT2D eigenvalue weighted by atomic mass is 10.1. The van der Waals surface area contributed by atoms with Crippen molar-refractivity contribution in [2.45, 2.75) is 37.8 Å². The van der Waals surface area contributed by atoms with Crippen molar-refractivity contribution < 1.29 is 9.59 Å². The van der Waals surface area contributed by atoms with E-state index in [1.807, 2.05) is 0 Å². The molecule has 2 atom stereocenters. The van der Waals surface area contributed by atoms with Gasteiger partial charge in [-0.2, -0.15) is 0 Å². The fraction of sp³-hybridized carbons (Fsp3) is 0.833. The van der Waals surface area contributed by atoms with Crippen molar-refractivity contribution in [3.05, 3.63) is 0 Å². The van der Waals surface area contributed by atoms with E-state index in [0.717, 1.165) is 19.4 Å². The fourth-order valence-electron chi connectivity index (χ4n) is 2.84. The molecule has 0 saturated carbocycles. The van der Waals surface area contributed by atoms with Crippen LogP contribution in [0.5, 0.6) is 0 Å². The van der Waals surface area contributed by atoms with Gasteiger partial charge in [0.25, 0.3) is 0 Å². The third-order valence-corrected chi connectivity index (χ3v) is 4.19. The highest BCUT2D eigenvalue weighted by molar-refractivity contribution is 6.19. The van der Waals surface area contributed by atoms with E-state index in [-0.39, 0.29) is 24.2 Å². The highest BCUT2D eigenvalue weighted by atomic mass is 35.5. The normalized spacial score (nSPS) is 28.0. The standard InChI is InChI=1S/C12H20ClN3O2/c1-15-9-2-3-10(15)8-16(7-5-9)12(18)14-11(17)4-6-13/h9-10H,2-8H2,1H3,(H,14,17,18). The van der Waals surface area contributed by atoms with Gasteiger partial charge in [0.2, 0.25) is 5.91 Å². The van der Waals surface area contributed by atoms with Crippen molar-refractivity contribution in [1.29, 1.82) is 0 Å². The topological polar surface area (TPSA) is 52.6 Å². The molecule has 0 aliphatic carbocycles. The first-order chi connectivity index (χ1) is 8.61. The van der Waals surface area contributed by atoms with Gasteiger partial charge < -0.3 is 4.90 Å². The quantitative estimate of drug-likeness (QED) is 0.765. The predicted octanol–water partition coefficient (Wildman–Crippen LogP) is 1.02. The fourth-order valence-corrected chi connectivity index (χ4v) is 3.01. The zero-order valence-electron chi connectivity index (χ0n) is 10.7. The monoisotopic (exact) mass is 273 g/mol. The second-order valence-corrected chi connectivity index (χ2v) is 5.46. The summed E-state index contributed by atoms with van der Waals surface area (Å²) in [6, 6.07) is 0.754. The van der Waals surface area contributed by atoms with Gasteiger partial charge in [-0.05, 0) is 26.3 Å². The minimum Gasteiger partial charge on any atom is -0.323 e. The van der Waals surface area contributed by atoms with Crippen LogP contribution in [0.2, 0.25) is 0 Å². The van der Waals surface area contributed by atoms with Gasteiger partial charge in [-0.1, -0.05) is 0 Å². The van der Waals surface area contributed by atoms with E-state index in [1.165, 1.54) is 6.42 Å². The van der Waals surface area contributed by atoms with E-state index in [9.17, 15) is 9.59 Å². The number of hydrogen-bond acceptors (Lipinski definition) is 3. The second kappa shape index (κ2) is 5.89. The molecule has 102 valence electrons. The lowest BCUT2D eigenvalue weighted by molar-refractivity contribution is -0.119. The molecule has 0 radical (unpaired) electrons. The van der Waals surface area contributed by atoms with Gasteiger partial charge >= 0.3 is 6.03 Å². The molecule has 0 aromatic rings. The number of fused-ring (bicyclic) bond motifs is 2. The number of alkyl halides is 1. The first-order valence-electron chi connectivity index (χ1n) is 6.48. The largest absolute Gasteiger partial charge is 0.324 e. The van der Waals surface area contributed by atoms with Crippen molar-refractivity contribution in [2.24, 2.45) is 0 Å². The number of likely N-dealkylation sites (N-methyl/N-ethyl adjacent to an activating group) is 1. The first kappa shape index (κ1) is 13.6. The molecule has 2 bridgehead atoms. The molecule has 5 nitrogen and oxygen atoms in total. The number of carbonyl (C=O) groups excluding carboxylic acids is 2. The molecule has 1 N–H and O–H groups in total. The summed E-state index contributed by atoms with van der Waals surface area (Å²) < 4.78 is 0. The van der Waals surface area contributed by atoms with Crippen molar-refractivity contribution in [3.63, 3.8) is 0 Å². The van der Waals surface area contributed by atoms with Crippen LogP contribution in [-0.4, -0.2) is 59.8 Å². The number of likely N-dealkylation sites (tertiary alicyclic amines) is 1. The maximum Gasteiger partial charge on any atom is 0.324 e. The average molecular weight is 274 g/mol. The van der Waals surface area contributed by atoms with E-state index in [0.29, 0.717) is 18.6 Å². The minimum absolute atomic E-state index is 0.188. The number of halogens is 1. The summed E-state index contributed by atoms with van der Waals surface area (Å²) in [7, 11) is 2.13. The van der Waals surface area contributed by atoms with Gasteiger partial charge in [-0.3, -0.25) is 15.0 Å². The number of hydrogen-bond donors (Lipinski definition) is 1. The number of nitrogens with zero attached hydrogens (tertiary/aromatic N) is 2. The molecule has 2 fully saturated rings. The molecule has 6 heteroatoms. The Morgan fingerprint density at radius 1 is 1.28 bits per heavy atom. The molecular formula is C12H20ClN3O2. The summed E-state index contributed by atoms with van der Waals surface area (Å²) in [5.41, 5.74) is 0. The summed E-state index contributed by atoms with van der Waals surface area (Å²) in [5, 5.41) is 2.40. The number of nitrogens with one attached hydrogen (secondary N) is 1. The van der Waals surface area contributed by atoms with E-state index in [1.54, 1.807) is 4.90 Å². The van der Waals surface area contributed by atoms with Crippen LogP contribution >= 0.6 is 11.6 Å². The molecule has 0 spiro atoms. The van der Waals surface area contributed by atoms with Crippen molar-refractivity contribution in [2.75, 3.05) is 26.0 Å². The minimum atomic E-state index is -0.294. The maximum atomic E-state index is 12.0. The van der Waals surface area contributed by atoms with Crippen LogP contribution in [0, 0.1) is 0 Å². The zero-order chi connectivity index (χ0) is 13.1. The molecule has 2 heterocycles. The van der Waals surface area contributed by atoms with Crippen LogP contribution in [0.3, 0.4) is 0 Å². The van der Waals surface area contributed by atoms with Crippen LogP contribution in [0.25, 0.3) is 0 Å². The average Bonchev–Trinajstić information content (AvgIpc) is 2.52. The Hall–Kier alpha value is -0.810. The summed E-state index contributed by atoms with van der Waals surface area (Å²) in [5.74, 6) is -0.0511. The van der Waals surface area contributed by atoms with Crippen LogP contribution in [0.1, 0.15) is 25.7 Å². The highest BCUT2D eigenvalue weighted by Gasteiger charge is 2.36. The van der Waals surface area contributed by atoms with Gasteiger partial charge in [-0.15, -0.1) is 11.6 Å². The Morgan fingerprint density at radius 2 is 2.00 bits per heavy atom. The van der Waals surface area contributed by atoms with E-state index >= 15 is 0 Å². The van der Waals surface area contributed by atoms with Crippen molar-refractivity contribution in [1.82, 2.24) is 15.1 Å². The van der Waals surface area contributed by atoms with Crippen LogP contribution < -0.4 is 5.32 Å². The van der Waals surface area contributed by atoms with E-state index in [4.69, 9.17) is 11.6 Å². The number of carbonyl (C=O) groups is 2. The van der Waals surface area contributed by atoms with Gasteiger partial charge in [0.1, 0.15) is 0 Å². The lowest BCUT2D eigenvalue weighted by Crippen LogP contribution is -2.46. The third-order valence-electron chi connectivity index (χ3n) is 4.00. The Kier molecular flexibility index (Phi) is 4.45. The molecule has 18 heavy (non-hydrogen) atoms. The summed E-state index contributed by atoms with van der Waals surface area (Å²) in [6.07, 6.45) is 3.54. The highest BCUT2D eigenvalue weighted by Crippen LogP contribution is 2.28. The smallest absolute Gasteiger partial charge is 0.323 e. The number of urea groups is 1. The molecule has 0 aromatic heterocycles. The second-order valence-electron chi connectivity index (χ2n) is 5.08. The van der Waals surface area contributed by atoms with Gasteiger partial charge in [0.15, 0.2) is 0 Å². The molecule has 2 aliphatic heterocycles. The van der Waals surface area contributed by atoms with Gasteiger partial charge in [0, 0.05) is 37.5 Å². The first-order valence-corrected chi connectivity index (χ1v) is 7.02. The Morgan fingerprint density at radius 3 is 2.72 bits per heavy atom. The molecule has 2 aliphatic rings. The predicted molar refractivity (Wildman–Crippen MR) is 69.6 cm³/mol. The Labute approximate surface area is 112 Å². The summed E-state index contributed by atoms with van der Waals surface area (Å²) >= 11 is 5.47. The third kappa shape index (κ3) is 2.95. The Balaban J connectivity index is 1.89. The van der Waals surface area contributed by atoms with Gasteiger partial charge in [0.05, 0.1) is 0 Å². The lowest BCUT2D eigenvalue weighted by Gasteiger charge is -2.25. The number of amides is 3. The molecule has 0 aromatic carbocycles. The van der Waals surface area contributed by atoms with Crippen molar-refractivity contribution in [3.8, 4) is 0 Å². The van der Waals surface area contributed by atoms with Crippen LogP contribution in [0.15, 0.2) is 0 Å². The molecule has 3 amide bonds. The number of imide groups is 1. The van der Waals surface area contributed by atoms with Crippen LogP contribution in [0.4, 0.5) is 4.79 Å².